The number of thiazole rings is 1. The molecule has 0 aliphatic rings. The summed E-state index contributed by atoms with van der Waals surface area (Å²) in [6, 6.07) is 6.49. The molecule has 158 valence electrons. The summed E-state index contributed by atoms with van der Waals surface area (Å²) >= 11 is 1.46. The molecular weight excluding hydrogens is 416 g/mol. The van der Waals surface area contributed by atoms with Crippen molar-refractivity contribution in [1.82, 2.24) is 15.6 Å². The Hall–Kier alpha value is -2.66. The molecule has 1 atom stereocenters. The number of hydrogen-bond acceptors (Lipinski definition) is 7. The van der Waals surface area contributed by atoms with Crippen molar-refractivity contribution in [1.29, 1.82) is 0 Å². The Morgan fingerprint density at radius 2 is 1.93 bits per heavy atom. The Morgan fingerprint density at radius 3 is 2.52 bits per heavy atom. The highest BCUT2D eigenvalue weighted by Gasteiger charge is 2.19. The number of aryl methyl sites for hydroxylation is 1. The van der Waals surface area contributed by atoms with Gasteiger partial charge in [-0.2, -0.15) is 0 Å². The molecule has 3 N–H and O–H groups in total. The second-order valence-electron chi connectivity index (χ2n) is 5.99. The van der Waals surface area contributed by atoms with Gasteiger partial charge in [0.05, 0.1) is 18.3 Å². The molecule has 1 heterocycles. The number of benzene rings is 1. The van der Waals surface area contributed by atoms with Gasteiger partial charge >= 0.3 is 6.09 Å². The fraction of sp³-hybridized carbons (Fsp3) is 0.389. The highest BCUT2D eigenvalue weighted by Crippen LogP contribution is 2.23. The Balaban J connectivity index is 2.08. The average molecular weight is 441 g/mol. The first-order valence-electron chi connectivity index (χ1n) is 9.05. The number of alkyl carbamates (subject to hydrolysis) is 1. The van der Waals surface area contributed by atoms with Gasteiger partial charge in [-0.05, 0) is 37.5 Å². The fourth-order valence-corrected chi connectivity index (χ4v) is 3.79. The van der Waals surface area contributed by atoms with Crippen LogP contribution in [0.5, 0.6) is 0 Å². The smallest absolute Gasteiger partial charge is 0.407 e. The molecule has 1 aromatic heterocycles. The number of carbonyl (C=O) groups excluding carboxylic acids is 2. The summed E-state index contributed by atoms with van der Waals surface area (Å²) in [5.74, 6) is -0.363. The monoisotopic (exact) mass is 440 g/mol. The van der Waals surface area contributed by atoms with E-state index >= 15 is 0 Å². The largest absolute Gasteiger partial charge is 0.450 e. The van der Waals surface area contributed by atoms with Crippen molar-refractivity contribution in [2.24, 2.45) is 0 Å². The van der Waals surface area contributed by atoms with E-state index in [1.165, 1.54) is 11.3 Å². The summed E-state index contributed by atoms with van der Waals surface area (Å²) in [7, 11) is -2.72. The first-order valence-corrected chi connectivity index (χ1v) is 11.1. The first kappa shape index (κ1) is 22.6. The van der Waals surface area contributed by atoms with Crippen LogP contribution in [0.1, 0.15) is 36.2 Å². The second-order valence-corrected chi connectivity index (χ2v) is 7.62. The maximum absolute atomic E-state index is 12.3. The van der Waals surface area contributed by atoms with Gasteiger partial charge in [-0.25, -0.2) is 18.2 Å². The second kappa shape index (κ2) is 11.4. The Labute approximate surface area is 175 Å². The van der Waals surface area contributed by atoms with Crippen LogP contribution in [0.25, 0.3) is 0 Å². The lowest BCUT2D eigenvalue weighted by Crippen LogP contribution is -2.39. The molecule has 11 heteroatoms. The summed E-state index contributed by atoms with van der Waals surface area (Å²) in [6.07, 6.45) is 0.600. The standard InChI is InChI=1S/C18H24N4O5S2/c1-3-13-11-28-17(20-13)15(21-16(23)10-19-18(24)27-4-2)9-12-5-7-14(8-6-12)22-29(25)26/h5-8,11,15,29H,3-4,9-10H2,1-2H3,(H,19,24)(H,21,23)(H,22,25,26)/t15-/m0/s1. The molecule has 9 nitrogen and oxygen atoms in total. The van der Waals surface area contributed by atoms with Gasteiger partial charge in [0.2, 0.25) is 16.8 Å². The fourth-order valence-electron chi connectivity index (χ4n) is 2.48. The molecule has 0 radical (unpaired) electrons. The third kappa shape index (κ3) is 7.70. The molecule has 2 aromatic rings. The van der Waals surface area contributed by atoms with Gasteiger partial charge in [-0.1, -0.05) is 19.1 Å². The van der Waals surface area contributed by atoms with Crippen LogP contribution in [0.2, 0.25) is 0 Å². The van der Waals surface area contributed by atoms with Gasteiger partial charge in [0.15, 0.2) is 0 Å². The molecule has 0 aliphatic carbocycles. The van der Waals surface area contributed by atoms with Crippen molar-refractivity contribution in [3.05, 3.63) is 45.9 Å². The van der Waals surface area contributed by atoms with E-state index in [9.17, 15) is 18.0 Å². The molecule has 2 amide bonds. The number of nitrogens with zero attached hydrogens (tertiary/aromatic N) is 1. The number of anilines is 1. The summed E-state index contributed by atoms with van der Waals surface area (Å²) < 4.78 is 28.6. The Kier molecular flexibility index (Phi) is 8.87. The van der Waals surface area contributed by atoms with Gasteiger partial charge < -0.3 is 15.4 Å². The van der Waals surface area contributed by atoms with Gasteiger partial charge in [-0.3, -0.25) is 9.52 Å². The van der Waals surface area contributed by atoms with Crippen molar-refractivity contribution >= 4 is 39.9 Å². The normalized spacial score (nSPS) is 11.7. The molecule has 0 spiro atoms. The van der Waals surface area contributed by atoms with Crippen LogP contribution >= 0.6 is 11.3 Å². The number of thiol groups is 1. The molecule has 29 heavy (non-hydrogen) atoms. The summed E-state index contributed by atoms with van der Waals surface area (Å²) in [5, 5.41) is 7.99. The molecule has 1 aromatic carbocycles. The Morgan fingerprint density at radius 1 is 1.21 bits per heavy atom. The predicted molar refractivity (Wildman–Crippen MR) is 111 cm³/mol. The van der Waals surface area contributed by atoms with E-state index < -0.39 is 17.0 Å². The number of hydrogen-bond donors (Lipinski definition) is 4. The van der Waals surface area contributed by atoms with E-state index in [4.69, 9.17) is 4.74 Å². The summed E-state index contributed by atoms with van der Waals surface area (Å²) in [4.78, 5) is 28.2. The Bertz CT molecular complexity index is 888. The number of nitrogens with one attached hydrogen (secondary N) is 3. The van der Waals surface area contributed by atoms with Crippen molar-refractivity contribution in [2.45, 2.75) is 32.7 Å². The number of ether oxygens (including phenoxy) is 1. The van der Waals surface area contributed by atoms with Crippen LogP contribution in [0.3, 0.4) is 0 Å². The average Bonchev–Trinajstić information content (AvgIpc) is 3.16. The number of amides is 2. The predicted octanol–water partition coefficient (Wildman–Crippen LogP) is 1.79. The quantitative estimate of drug-likeness (QED) is 0.417. The zero-order valence-electron chi connectivity index (χ0n) is 16.1. The van der Waals surface area contributed by atoms with Crippen molar-refractivity contribution in [2.75, 3.05) is 17.9 Å². The number of rotatable bonds is 10. The van der Waals surface area contributed by atoms with E-state index in [0.717, 1.165) is 22.7 Å². The van der Waals surface area contributed by atoms with Crippen molar-refractivity contribution in [3.8, 4) is 0 Å². The number of carbonyl (C=O) groups is 2. The van der Waals surface area contributed by atoms with E-state index in [-0.39, 0.29) is 25.1 Å². The van der Waals surface area contributed by atoms with E-state index in [0.29, 0.717) is 12.1 Å². The number of aromatic nitrogens is 1. The van der Waals surface area contributed by atoms with Gasteiger partial charge in [0.25, 0.3) is 0 Å². The first-order chi connectivity index (χ1) is 13.9. The van der Waals surface area contributed by atoms with E-state index in [2.05, 4.69) is 20.3 Å². The van der Waals surface area contributed by atoms with Gasteiger partial charge in [0, 0.05) is 11.1 Å². The topological polar surface area (TPSA) is 126 Å². The minimum Gasteiger partial charge on any atom is -0.450 e. The highest BCUT2D eigenvalue weighted by atomic mass is 32.2. The minimum atomic E-state index is -2.72. The van der Waals surface area contributed by atoms with Crippen LogP contribution in [-0.4, -0.2) is 38.6 Å². The van der Waals surface area contributed by atoms with Crippen LogP contribution < -0.4 is 15.4 Å². The minimum absolute atomic E-state index is 0.208. The summed E-state index contributed by atoms with van der Waals surface area (Å²) in [5.41, 5.74) is 2.30. The summed E-state index contributed by atoms with van der Waals surface area (Å²) in [6.45, 7) is 3.70. The zero-order chi connectivity index (χ0) is 21.2. The van der Waals surface area contributed by atoms with E-state index in [1.807, 2.05) is 12.3 Å². The van der Waals surface area contributed by atoms with Gasteiger partial charge in [-0.15, -0.1) is 11.3 Å². The third-order valence-corrected chi connectivity index (χ3v) is 5.30. The lowest BCUT2D eigenvalue weighted by Gasteiger charge is -2.17. The molecule has 0 saturated heterocycles. The van der Waals surface area contributed by atoms with Crippen LogP contribution in [0.4, 0.5) is 10.5 Å². The highest BCUT2D eigenvalue weighted by molar-refractivity contribution is 7.73. The molecule has 2 rings (SSSR count). The van der Waals surface area contributed by atoms with E-state index in [1.54, 1.807) is 31.2 Å². The zero-order valence-corrected chi connectivity index (χ0v) is 17.8. The maximum Gasteiger partial charge on any atom is 0.407 e. The van der Waals surface area contributed by atoms with Crippen LogP contribution in [-0.2, 0) is 33.3 Å². The lowest BCUT2D eigenvalue weighted by molar-refractivity contribution is -0.120. The van der Waals surface area contributed by atoms with Crippen molar-refractivity contribution in [3.63, 3.8) is 0 Å². The van der Waals surface area contributed by atoms with Crippen LogP contribution in [0.15, 0.2) is 29.6 Å². The SMILES string of the molecule is CCOC(=O)NCC(=O)N[C@@H](Cc1ccc(N[SH](=O)=O)cc1)c1nc(CC)cs1. The molecule has 0 bridgehead atoms. The van der Waals surface area contributed by atoms with Crippen LogP contribution in [0, 0.1) is 0 Å². The van der Waals surface area contributed by atoms with Crippen molar-refractivity contribution < 1.29 is 22.7 Å². The molecule has 0 unspecified atom stereocenters. The maximum atomic E-state index is 12.3. The van der Waals surface area contributed by atoms with Gasteiger partial charge in [0.1, 0.15) is 11.6 Å². The molecule has 0 saturated carbocycles. The third-order valence-electron chi connectivity index (χ3n) is 3.85. The molecular formula is C18H24N4O5S2. The lowest BCUT2D eigenvalue weighted by atomic mass is 10.1. The molecule has 0 fully saturated rings. The molecule has 0 aliphatic heterocycles.